The summed E-state index contributed by atoms with van der Waals surface area (Å²) in [6.07, 6.45) is 1.97. The molecule has 140 valence electrons. The molecular formula is C21H22N2O3S. The number of furan rings is 1. The van der Waals surface area contributed by atoms with E-state index in [1.165, 1.54) is 5.56 Å². The summed E-state index contributed by atoms with van der Waals surface area (Å²) in [7, 11) is 0. The van der Waals surface area contributed by atoms with E-state index < -0.39 is 0 Å². The predicted octanol–water partition coefficient (Wildman–Crippen LogP) is 4.16. The molecule has 1 aliphatic rings. The molecule has 0 saturated carbocycles. The quantitative estimate of drug-likeness (QED) is 0.680. The van der Waals surface area contributed by atoms with Gasteiger partial charge in [0.15, 0.2) is 0 Å². The molecule has 1 aromatic carbocycles. The number of thiazole rings is 1. The lowest BCUT2D eigenvalue weighted by Gasteiger charge is -2.34. The molecule has 1 fully saturated rings. The van der Waals surface area contributed by atoms with Gasteiger partial charge >= 0.3 is 0 Å². The van der Waals surface area contributed by atoms with E-state index in [2.05, 4.69) is 36.2 Å². The van der Waals surface area contributed by atoms with Gasteiger partial charge in [0.1, 0.15) is 11.8 Å². The predicted molar refractivity (Wildman–Crippen MR) is 105 cm³/mol. The first-order valence-corrected chi connectivity index (χ1v) is 9.87. The first-order valence-electron chi connectivity index (χ1n) is 9.06. The van der Waals surface area contributed by atoms with Gasteiger partial charge in [-0.3, -0.25) is 4.79 Å². The fourth-order valence-corrected chi connectivity index (χ4v) is 4.33. The smallest absolute Gasteiger partial charge is 0.228 e. The maximum absolute atomic E-state index is 13.1. The molecule has 0 bridgehead atoms. The molecule has 3 aromatic rings. The van der Waals surface area contributed by atoms with Crippen molar-refractivity contribution >= 4 is 17.2 Å². The summed E-state index contributed by atoms with van der Waals surface area (Å²) in [6.45, 7) is 5.63. The number of amides is 1. The van der Waals surface area contributed by atoms with Gasteiger partial charge in [-0.1, -0.05) is 29.8 Å². The Morgan fingerprint density at radius 3 is 2.81 bits per heavy atom. The van der Waals surface area contributed by atoms with Gasteiger partial charge in [-0.15, -0.1) is 11.3 Å². The van der Waals surface area contributed by atoms with Crippen LogP contribution in [-0.4, -0.2) is 35.5 Å². The highest BCUT2D eigenvalue weighted by Crippen LogP contribution is 2.31. The van der Waals surface area contributed by atoms with Crippen molar-refractivity contribution in [1.29, 1.82) is 0 Å². The van der Waals surface area contributed by atoms with Crippen molar-refractivity contribution in [3.05, 3.63) is 63.9 Å². The van der Waals surface area contributed by atoms with Crippen LogP contribution in [0.15, 0.2) is 47.1 Å². The number of aromatic nitrogens is 1. The van der Waals surface area contributed by atoms with E-state index in [-0.39, 0.29) is 11.9 Å². The number of hydrogen-bond acceptors (Lipinski definition) is 5. The number of aryl methyl sites for hydroxylation is 2. The van der Waals surface area contributed by atoms with Crippen LogP contribution in [-0.2, 0) is 16.0 Å². The third-order valence-corrected chi connectivity index (χ3v) is 5.73. The van der Waals surface area contributed by atoms with Crippen LogP contribution in [0.5, 0.6) is 0 Å². The van der Waals surface area contributed by atoms with Crippen molar-refractivity contribution in [1.82, 2.24) is 9.88 Å². The lowest BCUT2D eigenvalue weighted by Crippen LogP contribution is -2.43. The standard InChI is InChI=1S/C21H22N2O3S/c1-14-5-7-16(8-6-14)21-19(27-15(2)22-21)12-20(24)23-9-11-25-13-17(23)18-4-3-10-26-18/h3-8,10,17H,9,11-13H2,1-2H3. The van der Waals surface area contributed by atoms with Gasteiger partial charge in [0.25, 0.3) is 0 Å². The zero-order valence-corrected chi connectivity index (χ0v) is 16.3. The van der Waals surface area contributed by atoms with Gasteiger partial charge in [0, 0.05) is 17.0 Å². The second kappa shape index (κ2) is 7.66. The SMILES string of the molecule is Cc1ccc(-c2nc(C)sc2CC(=O)N2CCOCC2c2ccco2)cc1. The normalized spacial score (nSPS) is 17.3. The lowest BCUT2D eigenvalue weighted by molar-refractivity contribution is -0.140. The van der Waals surface area contributed by atoms with E-state index in [1.54, 1.807) is 17.6 Å². The summed E-state index contributed by atoms with van der Waals surface area (Å²) >= 11 is 1.59. The molecule has 6 heteroatoms. The average Bonchev–Trinajstić information content (AvgIpc) is 3.32. The molecule has 0 spiro atoms. The van der Waals surface area contributed by atoms with Crippen LogP contribution >= 0.6 is 11.3 Å². The largest absolute Gasteiger partial charge is 0.467 e. The fraction of sp³-hybridized carbons (Fsp3) is 0.333. The third kappa shape index (κ3) is 3.82. The Balaban J connectivity index is 1.58. The molecular weight excluding hydrogens is 360 g/mol. The van der Waals surface area contributed by atoms with E-state index in [0.29, 0.717) is 26.2 Å². The Labute approximate surface area is 162 Å². The van der Waals surface area contributed by atoms with Crippen LogP contribution in [0.3, 0.4) is 0 Å². The van der Waals surface area contributed by atoms with Gasteiger partial charge in [0.05, 0.1) is 36.6 Å². The first kappa shape index (κ1) is 17.9. The van der Waals surface area contributed by atoms with E-state index in [4.69, 9.17) is 9.15 Å². The monoisotopic (exact) mass is 382 g/mol. The minimum absolute atomic E-state index is 0.0803. The van der Waals surface area contributed by atoms with E-state index in [1.807, 2.05) is 24.0 Å². The zero-order valence-electron chi connectivity index (χ0n) is 15.5. The molecule has 1 saturated heterocycles. The maximum Gasteiger partial charge on any atom is 0.228 e. The van der Waals surface area contributed by atoms with E-state index in [9.17, 15) is 4.79 Å². The van der Waals surface area contributed by atoms with Crippen LogP contribution in [0.25, 0.3) is 11.3 Å². The highest BCUT2D eigenvalue weighted by atomic mass is 32.1. The molecule has 3 heterocycles. The summed E-state index contributed by atoms with van der Waals surface area (Å²) in [6, 6.07) is 11.9. The maximum atomic E-state index is 13.1. The van der Waals surface area contributed by atoms with E-state index >= 15 is 0 Å². The van der Waals surface area contributed by atoms with Crippen molar-refractivity contribution in [2.75, 3.05) is 19.8 Å². The number of nitrogens with zero attached hydrogens (tertiary/aromatic N) is 2. The Morgan fingerprint density at radius 1 is 1.26 bits per heavy atom. The van der Waals surface area contributed by atoms with Crippen molar-refractivity contribution in [3.63, 3.8) is 0 Å². The molecule has 1 aliphatic heterocycles. The summed E-state index contributed by atoms with van der Waals surface area (Å²) in [4.78, 5) is 20.7. The first-order chi connectivity index (χ1) is 13.1. The summed E-state index contributed by atoms with van der Waals surface area (Å²) in [5.41, 5.74) is 3.17. The molecule has 5 nitrogen and oxygen atoms in total. The van der Waals surface area contributed by atoms with Gasteiger partial charge in [-0.05, 0) is 26.0 Å². The number of carbonyl (C=O) groups excluding carboxylic acids is 1. The molecule has 27 heavy (non-hydrogen) atoms. The second-order valence-corrected chi connectivity index (χ2v) is 8.03. The van der Waals surface area contributed by atoms with Gasteiger partial charge < -0.3 is 14.1 Å². The number of rotatable bonds is 4. The third-order valence-electron chi connectivity index (χ3n) is 4.76. The Morgan fingerprint density at radius 2 is 2.07 bits per heavy atom. The number of hydrogen-bond donors (Lipinski definition) is 0. The molecule has 0 radical (unpaired) electrons. The van der Waals surface area contributed by atoms with Crippen molar-refractivity contribution in [2.24, 2.45) is 0 Å². The number of benzene rings is 1. The fourth-order valence-electron chi connectivity index (χ4n) is 3.38. The average molecular weight is 382 g/mol. The molecule has 4 rings (SSSR count). The van der Waals surface area contributed by atoms with Crippen molar-refractivity contribution in [2.45, 2.75) is 26.3 Å². The van der Waals surface area contributed by atoms with Gasteiger partial charge in [0.2, 0.25) is 5.91 Å². The molecule has 0 N–H and O–H groups in total. The van der Waals surface area contributed by atoms with Crippen LogP contribution in [0.4, 0.5) is 0 Å². The Hall–Kier alpha value is -2.44. The highest BCUT2D eigenvalue weighted by molar-refractivity contribution is 7.12. The highest BCUT2D eigenvalue weighted by Gasteiger charge is 2.31. The Kier molecular flexibility index (Phi) is 5.09. The lowest BCUT2D eigenvalue weighted by atomic mass is 10.1. The zero-order chi connectivity index (χ0) is 18.8. The number of ether oxygens (including phenoxy) is 1. The minimum atomic E-state index is -0.168. The van der Waals surface area contributed by atoms with Crippen LogP contribution in [0.2, 0.25) is 0 Å². The summed E-state index contributed by atoms with van der Waals surface area (Å²) < 4.78 is 11.1. The Bertz CT molecular complexity index is 916. The number of morpholine rings is 1. The van der Waals surface area contributed by atoms with Gasteiger partial charge in [-0.25, -0.2) is 4.98 Å². The molecule has 2 aromatic heterocycles. The summed E-state index contributed by atoms with van der Waals surface area (Å²) in [5.74, 6) is 0.846. The second-order valence-electron chi connectivity index (χ2n) is 6.74. The van der Waals surface area contributed by atoms with Crippen molar-refractivity contribution in [3.8, 4) is 11.3 Å². The molecule has 1 amide bonds. The van der Waals surface area contributed by atoms with Crippen LogP contribution in [0.1, 0.15) is 27.3 Å². The van der Waals surface area contributed by atoms with Crippen molar-refractivity contribution < 1.29 is 13.9 Å². The van der Waals surface area contributed by atoms with Crippen LogP contribution < -0.4 is 0 Å². The molecule has 1 unspecified atom stereocenters. The number of carbonyl (C=O) groups is 1. The molecule has 1 atom stereocenters. The van der Waals surface area contributed by atoms with Gasteiger partial charge in [-0.2, -0.15) is 0 Å². The minimum Gasteiger partial charge on any atom is -0.467 e. The molecule has 0 aliphatic carbocycles. The topological polar surface area (TPSA) is 55.6 Å². The van der Waals surface area contributed by atoms with Crippen LogP contribution in [0, 0.1) is 13.8 Å². The van der Waals surface area contributed by atoms with E-state index in [0.717, 1.165) is 26.9 Å². The summed E-state index contributed by atoms with van der Waals surface area (Å²) in [5, 5.41) is 0.970.